The molecule has 3 aromatic rings. The van der Waals surface area contributed by atoms with Crippen LogP contribution >= 0.6 is 0 Å². The van der Waals surface area contributed by atoms with Crippen LogP contribution in [0, 0.1) is 0 Å². The SMILES string of the molecule is O=Cc1c[nH]c2c1ccc1[nH]cc(C=O)c12. The maximum Gasteiger partial charge on any atom is 0.152 e. The first kappa shape index (κ1) is 8.91. The summed E-state index contributed by atoms with van der Waals surface area (Å²) in [4.78, 5) is 27.8. The highest BCUT2D eigenvalue weighted by molar-refractivity contribution is 6.15. The van der Waals surface area contributed by atoms with Crippen LogP contribution in [0.15, 0.2) is 24.5 Å². The van der Waals surface area contributed by atoms with E-state index >= 15 is 0 Å². The molecule has 0 bridgehead atoms. The molecule has 0 saturated carbocycles. The number of benzene rings is 1. The minimum Gasteiger partial charge on any atom is -0.360 e. The van der Waals surface area contributed by atoms with Gasteiger partial charge in [0.15, 0.2) is 12.6 Å². The molecule has 2 heterocycles. The van der Waals surface area contributed by atoms with Gasteiger partial charge in [-0.05, 0) is 6.07 Å². The van der Waals surface area contributed by atoms with Gasteiger partial charge in [0.25, 0.3) is 0 Å². The van der Waals surface area contributed by atoms with Crippen molar-refractivity contribution < 1.29 is 9.59 Å². The Labute approximate surface area is 90.3 Å². The van der Waals surface area contributed by atoms with Crippen molar-refractivity contribution in [2.24, 2.45) is 0 Å². The fourth-order valence-electron chi connectivity index (χ4n) is 2.06. The Morgan fingerprint density at radius 3 is 2.44 bits per heavy atom. The second-order valence-electron chi connectivity index (χ2n) is 3.63. The van der Waals surface area contributed by atoms with Crippen LogP contribution in [0.4, 0.5) is 0 Å². The van der Waals surface area contributed by atoms with Crippen molar-refractivity contribution in [2.45, 2.75) is 0 Å². The number of fused-ring (bicyclic) bond motifs is 3. The van der Waals surface area contributed by atoms with Gasteiger partial charge in [-0.3, -0.25) is 9.59 Å². The molecule has 2 aromatic heterocycles. The third kappa shape index (κ3) is 0.982. The lowest BCUT2D eigenvalue weighted by Gasteiger charge is -1.95. The molecule has 0 aliphatic carbocycles. The number of rotatable bonds is 2. The molecular formula is C12H8N2O2. The Kier molecular flexibility index (Phi) is 1.71. The first-order valence-corrected chi connectivity index (χ1v) is 4.86. The molecule has 0 fully saturated rings. The largest absolute Gasteiger partial charge is 0.360 e. The van der Waals surface area contributed by atoms with Gasteiger partial charge < -0.3 is 9.97 Å². The molecule has 0 aliphatic rings. The highest BCUT2D eigenvalue weighted by Crippen LogP contribution is 2.27. The molecule has 0 amide bonds. The summed E-state index contributed by atoms with van der Waals surface area (Å²) in [6.07, 6.45) is 4.93. The number of aldehydes is 2. The zero-order valence-corrected chi connectivity index (χ0v) is 8.28. The lowest BCUT2D eigenvalue weighted by Crippen LogP contribution is -1.78. The average Bonchev–Trinajstić information content (AvgIpc) is 2.91. The van der Waals surface area contributed by atoms with Crippen molar-refractivity contribution in [3.8, 4) is 0 Å². The van der Waals surface area contributed by atoms with Gasteiger partial charge in [0.2, 0.25) is 0 Å². The van der Waals surface area contributed by atoms with Crippen molar-refractivity contribution in [3.05, 3.63) is 35.7 Å². The van der Waals surface area contributed by atoms with E-state index < -0.39 is 0 Å². The molecule has 0 radical (unpaired) electrons. The van der Waals surface area contributed by atoms with E-state index in [0.717, 1.165) is 34.4 Å². The Hall–Kier alpha value is -2.36. The van der Waals surface area contributed by atoms with Gasteiger partial charge in [-0.25, -0.2) is 0 Å². The van der Waals surface area contributed by atoms with Crippen molar-refractivity contribution in [2.75, 3.05) is 0 Å². The Balaban J connectivity index is 2.56. The molecule has 0 aliphatic heterocycles. The Bertz CT molecular complexity index is 706. The Morgan fingerprint density at radius 1 is 0.938 bits per heavy atom. The van der Waals surface area contributed by atoms with E-state index in [9.17, 15) is 9.59 Å². The maximum absolute atomic E-state index is 10.9. The number of aromatic nitrogens is 2. The average molecular weight is 212 g/mol. The molecule has 0 spiro atoms. The van der Waals surface area contributed by atoms with Crippen LogP contribution in [0.5, 0.6) is 0 Å². The van der Waals surface area contributed by atoms with Crippen molar-refractivity contribution in [1.29, 1.82) is 0 Å². The molecule has 0 saturated heterocycles. The molecule has 1 aromatic carbocycles. The number of carbonyl (C=O) groups is 2. The second-order valence-corrected chi connectivity index (χ2v) is 3.63. The first-order chi connectivity index (χ1) is 7.85. The van der Waals surface area contributed by atoms with Crippen LogP contribution in [0.25, 0.3) is 21.8 Å². The van der Waals surface area contributed by atoms with Crippen LogP contribution in [-0.4, -0.2) is 22.5 Å². The summed E-state index contributed by atoms with van der Waals surface area (Å²) in [6.45, 7) is 0. The van der Waals surface area contributed by atoms with Crippen LogP contribution < -0.4 is 0 Å². The smallest absolute Gasteiger partial charge is 0.152 e. The zero-order valence-electron chi connectivity index (χ0n) is 8.28. The van der Waals surface area contributed by atoms with Gasteiger partial charge in [-0.15, -0.1) is 0 Å². The number of hydrogen-bond acceptors (Lipinski definition) is 2. The lowest BCUT2D eigenvalue weighted by atomic mass is 10.1. The summed E-state index contributed by atoms with van der Waals surface area (Å²) in [5, 5.41) is 1.67. The molecule has 4 heteroatoms. The summed E-state index contributed by atoms with van der Waals surface area (Å²) < 4.78 is 0. The van der Waals surface area contributed by atoms with Crippen LogP contribution in [-0.2, 0) is 0 Å². The van der Waals surface area contributed by atoms with E-state index in [1.54, 1.807) is 12.4 Å². The fraction of sp³-hybridized carbons (Fsp3) is 0. The highest BCUT2D eigenvalue weighted by atomic mass is 16.1. The molecule has 4 nitrogen and oxygen atoms in total. The topological polar surface area (TPSA) is 65.7 Å². The van der Waals surface area contributed by atoms with E-state index in [1.165, 1.54) is 0 Å². The molecule has 78 valence electrons. The minimum absolute atomic E-state index is 0.597. The fourth-order valence-corrected chi connectivity index (χ4v) is 2.06. The monoisotopic (exact) mass is 212 g/mol. The van der Waals surface area contributed by atoms with Gasteiger partial charge in [0.1, 0.15) is 0 Å². The number of nitrogens with one attached hydrogen (secondary N) is 2. The zero-order chi connectivity index (χ0) is 11.1. The maximum atomic E-state index is 10.9. The van der Waals surface area contributed by atoms with Crippen molar-refractivity contribution in [3.63, 3.8) is 0 Å². The molecule has 0 atom stereocenters. The van der Waals surface area contributed by atoms with Crippen molar-refractivity contribution in [1.82, 2.24) is 9.97 Å². The van der Waals surface area contributed by atoms with E-state index in [1.807, 2.05) is 12.1 Å². The highest BCUT2D eigenvalue weighted by Gasteiger charge is 2.10. The van der Waals surface area contributed by atoms with Crippen LogP contribution in [0.3, 0.4) is 0 Å². The third-order valence-electron chi connectivity index (χ3n) is 2.81. The molecule has 3 rings (SSSR count). The van der Waals surface area contributed by atoms with Crippen molar-refractivity contribution >= 4 is 34.4 Å². The molecule has 2 N–H and O–H groups in total. The van der Waals surface area contributed by atoms with Gasteiger partial charge >= 0.3 is 0 Å². The molecular weight excluding hydrogens is 204 g/mol. The predicted octanol–water partition coefficient (Wildman–Crippen LogP) is 2.27. The van der Waals surface area contributed by atoms with Gasteiger partial charge in [-0.1, -0.05) is 6.07 Å². The molecule has 0 unspecified atom stereocenters. The van der Waals surface area contributed by atoms with E-state index in [4.69, 9.17) is 0 Å². The minimum atomic E-state index is 0.597. The van der Waals surface area contributed by atoms with Crippen LogP contribution in [0.2, 0.25) is 0 Å². The van der Waals surface area contributed by atoms with E-state index in [-0.39, 0.29) is 0 Å². The standard InChI is InChI=1S/C12H8N2O2/c15-5-7-3-14-12-9(7)1-2-10-11(12)8(6-16)4-13-10/h1-6,13-14H. The summed E-state index contributed by atoms with van der Waals surface area (Å²) in [5.74, 6) is 0. The third-order valence-corrected chi connectivity index (χ3v) is 2.81. The lowest BCUT2D eigenvalue weighted by molar-refractivity contribution is 0.111. The number of carbonyl (C=O) groups excluding carboxylic acids is 2. The summed E-state index contributed by atoms with van der Waals surface area (Å²) >= 11 is 0. The van der Waals surface area contributed by atoms with Gasteiger partial charge in [0, 0.05) is 39.8 Å². The molecule has 16 heavy (non-hydrogen) atoms. The quantitative estimate of drug-likeness (QED) is 0.640. The number of H-pyrrole nitrogens is 2. The summed E-state index contributed by atoms with van der Waals surface area (Å²) in [6, 6.07) is 3.73. The van der Waals surface area contributed by atoms with E-state index in [0.29, 0.717) is 11.1 Å². The number of hydrogen-bond donors (Lipinski definition) is 2. The summed E-state index contributed by atoms with van der Waals surface area (Å²) in [5.41, 5.74) is 2.91. The predicted molar refractivity (Wildman–Crippen MR) is 60.9 cm³/mol. The van der Waals surface area contributed by atoms with Crippen LogP contribution in [0.1, 0.15) is 20.7 Å². The van der Waals surface area contributed by atoms with Gasteiger partial charge in [-0.2, -0.15) is 0 Å². The number of aromatic amines is 2. The Morgan fingerprint density at radius 2 is 1.69 bits per heavy atom. The second kappa shape index (κ2) is 3.06. The van der Waals surface area contributed by atoms with Gasteiger partial charge in [0.05, 0.1) is 5.52 Å². The van der Waals surface area contributed by atoms with E-state index in [2.05, 4.69) is 9.97 Å². The normalized spacial score (nSPS) is 11.0. The summed E-state index contributed by atoms with van der Waals surface area (Å²) in [7, 11) is 0. The first-order valence-electron chi connectivity index (χ1n) is 4.86.